The molecule has 2 unspecified atom stereocenters. The first-order valence-corrected chi connectivity index (χ1v) is 11.9. The molecule has 30 heavy (non-hydrogen) atoms. The molecule has 3 fully saturated rings. The molecule has 2 atom stereocenters. The van der Waals surface area contributed by atoms with E-state index in [1.165, 1.54) is 19.4 Å². The summed E-state index contributed by atoms with van der Waals surface area (Å²) in [5.41, 5.74) is 0.721. The lowest BCUT2D eigenvalue weighted by atomic mass is 9.95. The molecule has 3 aliphatic heterocycles. The van der Waals surface area contributed by atoms with Crippen LogP contribution in [0.3, 0.4) is 0 Å². The van der Waals surface area contributed by atoms with Crippen LogP contribution in [0.5, 0.6) is 0 Å². The van der Waals surface area contributed by atoms with Crippen LogP contribution in [0.4, 0.5) is 5.82 Å². The van der Waals surface area contributed by atoms with Crippen molar-refractivity contribution >= 4 is 11.7 Å². The van der Waals surface area contributed by atoms with E-state index < -0.39 is 0 Å². The summed E-state index contributed by atoms with van der Waals surface area (Å²) in [5, 5.41) is 0. The van der Waals surface area contributed by atoms with Crippen LogP contribution in [0, 0.1) is 11.8 Å². The summed E-state index contributed by atoms with van der Waals surface area (Å²) in [7, 11) is 0. The number of aromatic nitrogens is 1. The predicted octanol–water partition coefficient (Wildman–Crippen LogP) is 3.28. The molecular weight excluding hydrogens is 376 g/mol. The Bertz CT molecular complexity index is 684. The highest BCUT2D eigenvalue weighted by Crippen LogP contribution is 2.25. The normalized spacial score (nSPS) is 27.4. The topological polar surface area (TPSA) is 48.9 Å². The average molecular weight is 415 g/mol. The summed E-state index contributed by atoms with van der Waals surface area (Å²) in [5.74, 6) is 2.62. The molecule has 6 nitrogen and oxygen atoms in total. The van der Waals surface area contributed by atoms with Crippen molar-refractivity contribution in [3.8, 4) is 0 Å². The molecule has 0 saturated carbocycles. The molecule has 6 heteroatoms. The number of pyridine rings is 1. The number of morpholine rings is 1. The van der Waals surface area contributed by atoms with Crippen molar-refractivity contribution in [1.82, 2.24) is 14.8 Å². The van der Waals surface area contributed by atoms with Crippen molar-refractivity contribution in [1.29, 1.82) is 0 Å². The maximum atomic E-state index is 12.7. The highest BCUT2D eigenvalue weighted by Gasteiger charge is 2.27. The molecule has 0 aromatic carbocycles. The Balaban J connectivity index is 1.26. The first kappa shape index (κ1) is 21.6. The number of hydrogen-bond donors (Lipinski definition) is 0. The second-order valence-electron chi connectivity index (χ2n) is 9.79. The summed E-state index contributed by atoms with van der Waals surface area (Å²) in [6, 6.07) is 4.00. The molecule has 3 aliphatic rings. The lowest BCUT2D eigenvalue weighted by molar-refractivity contribution is -0.0720. The van der Waals surface area contributed by atoms with Crippen LogP contribution in [-0.4, -0.2) is 78.7 Å². The first-order chi connectivity index (χ1) is 14.5. The van der Waals surface area contributed by atoms with Crippen molar-refractivity contribution in [3.05, 3.63) is 23.9 Å². The van der Waals surface area contributed by atoms with Crippen molar-refractivity contribution in [2.75, 3.05) is 50.7 Å². The molecule has 1 aromatic rings. The van der Waals surface area contributed by atoms with Gasteiger partial charge in [0, 0.05) is 52.0 Å². The van der Waals surface area contributed by atoms with E-state index in [2.05, 4.69) is 35.6 Å². The lowest BCUT2D eigenvalue weighted by Crippen LogP contribution is -2.48. The van der Waals surface area contributed by atoms with Crippen LogP contribution in [0.2, 0.25) is 0 Å². The highest BCUT2D eigenvalue weighted by molar-refractivity contribution is 5.94. The third-order valence-electron chi connectivity index (χ3n) is 7.02. The molecule has 0 bridgehead atoms. The smallest absolute Gasteiger partial charge is 0.255 e. The number of carbonyl (C=O) groups excluding carboxylic acids is 1. The van der Waals surface area contributed by atoms with Gasteiger partial charge in [-0.3, -0.25) is 9.69 Å². The van der Waals surface area contributed by atoms with Crippen LogP contribution in [-0.2, 0) is 4.74 Å². The molecule has 0 N–H and O–H groups in total. The van der Waals surface area contributed by atoms with Gasteiger partial charge in [-0.2, -0.15) is 0 Å². The van der Waals surface area contributed by atoms with E-state index >= 15 is 0 Å². The molecule has 0 aliphatic carbocycles. The number of carbonyl (C=O) groups is 1. The van der Waals surface area contributed by atoms with Gasteiger partial charge in [0.25, 0.3) is 5.91 Å². The minimum atomic E-state index is 0.133. The summed E-state index contributed by atoms with van der Waals surface area (Å²) in [6.07, 6.45) is 7.07. The molecule has 0 radical (unpaired) electrons. The van der Waals surface area contributed by atoms with E-state index in [-0.39, 0.29) is 5.91 Å². The van der Waals surface area contributed by atoms with E-state index in [0.717, 1.165) is 75.3 Å². The Morgan fingerprint density at radius 1 is 1.00 bits per heavy atom. The third-order valence-corrected chi connectivity index (χ3v) is 7.02. The molecule has 1 aromatic heterocycles. The van der Waals surface area contributed by atoms with Crippen molar-refractivity contribution in [3.63, 3.8) is 0 Å². The van der Waals surface area contributed by atoms with Crippen LogP contribution < -0.4 is 4.90 Å². The first-order valence-electron chi connectivity index (χ1n) is 11.9. The van der Waals surface area contributed by atoms with Crippen LogP contribution in [0.1, 0.15) is 56.8 Å². The number of nitrogens with zero attached hydrogens (tertiary/aromatic N) is 4. The molecule has 0 spiro atoms. The Hall–Kier alpha value is -1.66. The van der Waals surface area contributed by atoms with Gasteiger partial charge >= 0.3 is 0 Å². The Labute approximate surface area is 181 Å². The Morgan fingerprint density at radius 2 is 1.67 bits per heavy atom. The van der Waals surface area contributed by atoms with E-state index in [1.807, 2.05) is 17.0 Å². The third kappa shape index (κ3) is 5.33. The molecule has 4 rings (SSSR count). The second-order valence-corrected chi connectivity index (χ2v) is 9.79. The zero-order chi connectivity index (χ0) is 21.1. The largest absolute Gasteiger partial charge is 0.373 e. The van der Waals surface area contributed by atoms with Crippen LogP contribution in [0.25, 0.3) is 0 Å². The van der Waals surface area contributed by atoms with Crippen LogP contribution >= 0.6 is 0 Å². The predicted molar refractivity (Wildman–Crippen MR) is 120 cm³/mol. The van der Waals surface area contributed by atoms with Gasteiger partial charge in [-0.05, 0) is 63.5 Å². The summed E-state index contributed by atoms with van der Waals surface area (Å²) < 4.78 is 5.87. The van der Waals surface area contributed by atoms with Crippen molar-refractivity contribution in [2.45, 2.75) is 58.7 Å². The number of rotatable bonds is 4. The number of likely N-dealkylation sites (tertiary alicyclic amines) is 1. The van der Waals surface area contributed by atoms with Gasteiger partial charge in [-0.1, -0.05) is 6.92 Å². The van der Waals surface area contributed by atoms with Crippen LogP contribution in [0.15, 0.2) is 18.3 Å². The maximum Gasteiger partial charge on any atom is 0.255 e. The molecule has 1 amide bonds. The van der Waals surface area contributed by atoms with Gasteiger partial charge in [-0.15, -0.1) is 0 Å². The van der Waals surface area contributed by atoms with Gasteiger partial charge in [-0.25, -0.2) is 4.98 Å². The van der Waals surface area contributed by atoms with E-state index in [0.29, 0.717) is 12.2 Å². The minimum Gasteiger partial charge on any atom is -0.373 e. The number of hydrogen-bond acceptors (Lipinski definition) is 5. The van der Waals surface area contributed by atoms with Crippen molar-refractivity contribution in [2.24, 2.45) is 11.8 Å². The van der Waals surface area contributed by atoms with Gasteiger partial charge in [0.15, 0.2) is 0 Å². The quantitative estimate of drug-likeness (QED) is 0.757. The molecular formula is C24H38N4O2. The highest BCUT2D eigenvalue weighted by atomic mass is 16.5. The molecule has 3 saturated heterocycles. The lowest BCUT2D eigenvalue weighted by Gasteiger charge is -2.39. The SMILES string of the molecule is CC1CCN(C(=O)c2ccc(N3CCC(CN4CC(C)OC(C)C4)CC3)nc2)CC1. The van der Waals surface area contributed by atoms with Gasteiger partial charge < -0.3 is 14.5 Å². The average Bonchev–Trinajstić information content (AvgIpc) is 2.74. The van der Waals surface area contributed by atoms with Gasteiger partial charge in [0.1, 0.15) is 5.82 Å². The Morgan fingerprint density at radius 3 is 2.27 bits per heavy atom. The monoisotopic (exact) mass is 414 g/mol. The zero-order valence-corrected chi connectivity index (χ0v) is 18.9. The van der Waals surface area contributed by atoms with E-state index in [4.69, 9.17) is 4.74 Å². The molecule has 166 valence electrons. The zero-order valence-electron chi connectivity index (χ0n) is 18.9. The fraction of sp³-hybridized carbons (Fsp3) is 0.750. The number of ether oxygens (including phenoxy) is 1. The van der Waals surface area contributed by atoms with Crippen molar-refractivity contribution < 1.29 is 9.53 Å². The van der Waals surface area contributed by atoms with E-state index in [1.54, 1.807) is 6.20 Å². The number of piperidine rings is 2. The van der Waals surface area contributed by atoms with E-state index in [9.17, 15) is 4.79 Å². The van der Waals surface area contributed by atoms with Gasteiger partial charge in [0.2, 0.25) is 0 Å². The number of amides is 1. The van der Waals surface area contributed by atoms with Gasteiger partial charge in [0.05, 0.1) is 17.8 Å². The summed E-state index contributed by atoms with van der Waals surface area (Å²) >= 11 is 0. The summed E-state index contributed by atoms with van der Waals surface area (Å²) in [4.78, 5) is 24.3. The molecule has 4 heterocycles. The fourth-order valence-corrected chi connectivity index (χ4v) is 5.24. The Kier molecular flexibility index (Phi) is 6.94. The second kappa shape index (κ2) is 9.65. The summed E-state index contributed by atoms with van der Waals surface area (Å²) in [6.45, 7) is 13.7. The minimum absolute atomic E-state index is 0.133. The maximum absolute atomic E-state index is 12.7. The fourth-order valence-electron chi connectivity index (χ4n) is 5.24. The standard InChI is InChI=1S/C24H38N4O2/c1-18-6-10-28(11-7-18)24(29)22-4-5-23(25-14-22)27-12-8-21(9-13-27)17-26-15-19(2)30-20(3)16-26/h4-5,14,18-21H,6-13,15-17H2,1-3H3. The number of anilines is 1.